The molecular weight excluding hydrogens is 368 g/mol. The maximum absolute atomic E-state index is 5.76. The SMILES string of the molecule is c1cnc2c(N3CCN4CCCC4C3)cn(Sc3ccc4c(c3)OCC4)c2c1. The van der Waals surface area contributed by atoms with Crippen molar-refractivity contribution in [3.63, 3.8) is 0 Å². The van der Waals surface area contributed by atoms with Crippen LogP contribution in [-0.2, 0) is 6.42 Å². The second kappa shape index (κ2) is 6.71. The molecule has 5 nitrogen and oxygen atoms in total. The fourth-order valence-electron chi connectivity index (χ4n) is 4.85. The first kappa shape index (κ1) is 16.7. The third-order valence-corrected chi connectivity index (χ3v) is 7.27. The molecule has 1 unspecified atom stereocenters. The lowest BCUT2D eigenvalue weighted by Gasteiger charge is -2.38. The molecule has 3 aliphatic rings. The smallest absolute Gasteiger partial charge is 0.123 e. The van der Waals surface area contributed by atoms with Gasteiger partial charge in [-0.1, -0.05) is 6.07 Å². The first-order valence-electron chi connectivity index (χ1n) is 10.2. The molecule has 1 aromatic carbocycles. The normalized spacial score (nSPS) is 21.7. The predicted octanol–water partition coefficient (Wildman–Crippen LogP) is 3.81. The zero-order valence-electron chi connectivity index (χ0n) is 15.9. The molecule has 6 heteroatoms. The third-order valence-electron chi connectivity index (χ3n) is 6.31. The minimum Gasteiger partial charge on any atom is -0.493 e. The van der Waals surface area contributed by atoms with Crippen LogP contribution in [0, 0.1) is 0 Å². The van der Waals surface area contributed by atoms with Gasteiger partial charge in [-0.15, -0.1) is 0 Å². The van der Waals surface area contributed by atoms with Crippen molar-refractivity contribution in [3.05, 3.63) is 48.3 Å². The van der Waals surface area contributed by atoms with Crippen LogP contribution in [0.3, 0.4) is 0 Å². The molecule has 2 saturated heterocycles. The Kier molecular flexibility index (Phi) is 4.01. The average Bonchev–Trinajstić information content (AvgIpc) is 3.46. The van der Waals surface area contributed by atoms with Crippen LogP contribution in [0.4, 0.5) is 5.69 Å². The third kappa shape index (κ3) is 2.78. The minimum absolute atomic E-state index is 0.706. The van der Waals surface area contributed by atoms with Gasteiger partial charge in [-0.2, -0.15) is 0 Å². The maximum atomic E-state index is 5.76. The number of rotatable bonds is 3. The highest BCUT2D eigenvalue weighted by Gasteiger charge is 2.32. The summed E-state index contributed by atoms with van der Waals surface area (Å²) in [6.07, 6.45) is 7.88. The van der Waals surface area contributed by atoms with Crippen molar-refractivity contribution in [2.45, 2.75) is 30.2 Å². The number of piperazine rings is 1. The van der Waals surface area contributed by atoms with Crippen LogP contribution in [0.5, 0.6) is 5.75 Å². The van der Waals surface area contributed by atoms with Gasteiger partial charge in [-0.3, -0.25) is 13.9 Å². The highest BCUT2D eigenvalue weighted by molar-refractivity contribution is 7.98. The Balaban J connectivity index is 1.34. The van der Waals surface area contributed by atoms with E-state index in [0.29, 0.717) is 6.04 Å². The molecule has 2 fully saturated rings. The van der Waals surface area contributed by atoms with Crippen molar-refractivity contribution in [2.75, 3.05) is 37.7 Å². The van der Waals surface area contributed by atoms with Gasteiger partial charge in [0, 0.05) is 49.4 Å². The first-order chi connectivity index (χ1) is 13.8. The number of hydrogen-bond acceptors (Lipinski definition) is 5. The molecule has 0 N–H and O–H groups in total. The van der Waals surface area contributed by atoms with Crippen LogP contribution < -0.4 is 9.64 Å². The molecule has 0 spiro atoms. The lowest BCUT2D eigenvalue weighted by molar-refractivity contribution is 0.231. The van der Waals surface area contributed by atoms with Crippen LogP contribution in [0.25, 0.3) is 11.0 Å². The molecule has 0 aliphatic carbocycles. The molecule has 5 heterocycles. The fourth-order valence-corrected chi connectivity index (χ4v) is 5.76. The van der Waals surface area contributed by atoms with Crippen molar-refractivity contribution < 1.29 is 4.74 Å². The van der Waals surface area contributed by atoms with Gasteiger partial charge in [0.05, 0.1) is 17.8 Å². The number of nitrogens with zero attached hydrogens (tertiary/aromatic N) is 4. The molecule has 0 bridgehead atoms. The number of ether oxygens (including phenoxy) is 1. The summed E-state index contributed by atoms with van der Waals surface area (Å²) in [4.78, 5) is 11.2. The molecule has 144 valence electrons. The van der Waals surface area contributed by atoms with Crippen molar-refractivity contribution in [3.8, 4) is 5.75 Å². The van der Waals surface area contributed by atoms with E-state index in [4.69, 9.17) is 9.72 Å². The maximum Gasteiger partial charge on any atom is 0.123 e. The van der Waals surface area contributed by atoms with Gasteiger partial charge in [-0.25, -0.2) is 0 Å². The number of anilines is 1. The molecule has 2 aromatic heterocycles. The second-order valence-electron chi connectivity index (χ2n) is 7.95. The van der Waals surface area contributed by atoms with Crippen LogP contribution in [0.2, 0.25) is 0 Å². The highest BCUT2D eigenvalue weighted by atomic mass is 32.2. The lowest BCUT2D eigenvalue weighted by Crippen LogP contribution is -2.50. The van der Waals surface area contributed by atoms with Gasteiger partial charge in [-0.05, 0) is 61.2 Å². The molecular formula is C22H24N4OS. The second-order valence-corrected chi connectivity index (χ2v) is 9.00. The summed E-state index contributed by atoms with van der Waals surface area (Å²) in [5.41, 5.74) is 4.88. The largest absolute Gasteiger partial charge is 0.493 e. The molecule has 3 aromatic rings. The van der Waals surface area contributed by atoms with Gasteiger partial charge in [0.15, 0.2) is 0 Å². The van der Waals surface area contributed by atoms with Crippen molar-refractivity contribution in [1.29, 1.82) is 0 Å². The molecule has 28 heavy (non-hydrogen) atoms. The summed E-state index contributed by atoms with van der Waals surface area (Å²) in [7, 11) is 0. The van der Waals surface area contributed by atoms with E-state index in [1.165, 1.54) is 47.6 Å². The van der Waals surface area contributed by atoms with Crippen LogP contribution in [-0.4, -0.2) is 52.7 Å². The molecule has 0 radical (unpaired) electrons. The van der Waals surface area contributed by atoms with E-state index in [-0.39, 0.29) is 0 Å². The Morgan fingerprint density at radius 2 is 2.14 bits per heavy atom. The number of benzene rings is 1. The number of pyridine rings is 1. The van der Waals surface area contributed by atoms with Crippen LogP contribution in [0.15, 0.2) is 47.6 Å². The average molecular weight is 393 g/mol. The topological polar surface area (TPSA) is 33.5 Å². The van der Waals surface area contributed by atoms with Gasteiger partial charge < -0.3 is 9.64 Å². The number of hydrogen-bond donors (Lipinski definition) is 0. The molecule has 0 saturated carbocycles. The van der Waals surface area contributed by atoms with E-state index in [9.17, 15) is 0 Å². The molecule has 3 aliphatic heterocycles. The fraction of sp³-hybridized carbons (Fsp3) is 0.409. The summed E-state index contributed by atoms with van der Waals surface area (Å²) in [6, 6.07) is 11.5. The number of fused-ring (bicyclic) bond motifs is 3. The van der Waals surface area contributed by atoms with E-state index >= 15 is 0 Å². The number of aromatic nitrogens is 2. The quantitative estimate of drug-likeness (QED) is 0.677. The van der Waals surface area contributed by atoms with Crippen molar-refractivity contribution in [2.24, 2.45) is 0 Å². The first-order valence-corrected chi connectivity index (χ1v) is 11.0. The van der Waals surface area contributed by atoms with Gasteiger partial charge >= 0.3 is 0 Å². The van der Waals surface area contributed by atoms with Crippen molar-refractivity contribution >= 4 is 28.7 Å². The Labute approximate surface area is 169 Å². The lowest BCUT2D eigenvalue weighted by atomic mass is 10.1. The summed E-state index contributed by atoms with van der Waals surface area (Å²) in [5, 5.41) is 0. The molecule has 1 atom stereocenters. The standard InChI is InChI=1S/C22H24N4OS/c1-4-19-22(23-8-1)20(25-11-10-24-9-2-3-17(24)14-25)15-26(19)28-18-6-5-16-7-12-27-21(16)13-18/h1,4-6,8,13,15,17H,2-3,7,9-12,14H2. The van der Waals surface area contributed by atoms with E-state index in [1.54, 1.807) is 11.9 Å². The minimum atomic E-state index is 0.706. The summed E-state index contributed by atoms with van der Waals surface area (Å²) >= 11 is 1.75. The van der Waals surface area contributed by atoms with Crippen LogP contribution >= 0.6 is 11.9 Å². The molecule has 6 rings (SSSR count). The Morgan fingerprint density at radius 3 is 3.14 bits per heavy atom. The van der Waals surface area contributed by atoms with Gasteiger partial charge in [0.1, 0.15) is 11.3 Å². The summed E-state index contributed by atoms with van der Waals surface area (Å²) < 4.78 is 8.03. The summed E-state index contributed by atoms with van der Waals surface area (Å²) in [6.45, 7) is 5.45. The molecule has 0 amide bonds. The van der Waals surface area contributed by atoms with E-state index in [1.807, 2.05) is 12.3 Å². The Hall–Kier alpha value is -2.18. The predicted molar refractivity (Wildman–Crippen MR) is 113 cm³/mol. The van der Waals surface area contributed by atoms with Gasteiger partial charge in [0.2, 0.25) is 0 Å². The van der Waals surface area contributed by atoms with E-state index in [0.717, 1.165) is 37.4 Å². The van der Waals surface area contributed by atoms with Crippen molar-refractivity contribution in [1.82, 2.24) is 13.9 Å². The Bertz CT molecular complexity index is 1030. The zero-order valence-corrected chi connectivity index (χ0v) is 16.7. The van der Waals surface area contributed by atoms with E-state index in [2.05, 4.69) is 44.2 Å². The summed E-state index contributed by atoms with van der Waals surface area (Å²) in [5.74, 6) is 1.04. The Morgan fingerprint density at radius 1 is 1.14 bits per heavy atom. The van der Waals surface area contributed by atoms with Crippen LogP contribution in [0.1, 0.15) is 18.4 Å². The zero-order chi connectivity index (χ0) is 18.5. The van der Waals surface area contributed by atoms with E-state index < -0.39 is 0 Å². The monoisotopic (exact) mass is 392 g/mol. The van der Waals surface area contributed by atoms with Gasteiger partial charge in [0.25, 0.3) is 0 Å². The highest BCUT2D eigenvalue weighted by Crippen LogP contribution is 2.37.